The van der Waals surface area contributed by atoms with Crippen LogP contribution in [0.4, 0.5) is 17.1 Å². The Morgan fingerprint density at radius 2 is 1.26 bits per heavy atom. The Hall–Kier alpha value is -4.92. The van der Waals surface area contributed by atoms with Crippen molar-refractivity contribution in [2.24, 2.45) is 0 Å². The van der Waals surface area contributed by atoms with Crippen LogP contribution < -0.4 is 4.90 Å². The first-order valence-electron chi connectivity index (χ1n) is 15.0. The van der Waals surface area contributed by atoms with Gasteiger partial charge in [-0.05, 0) is 57.8 Å². The predicted octanol–water partition coefficient (Wildman–Crippen LogP) is 12.1. The summed E-state index contributed by atoms with van der Waals surface area (Å²) in [5.74, 6) is 0. The highest BCUT2D eigenvalue weighted by Gasteiger charge is 2.38. The van der Waals surface area contributed by atoms with Crippen LogP contribution in [0, 0.1) is 0 Å². The standard InChI is InChI=1S/C41H29NS/c1-41(2)33-19-10-8-18-30(33)39-34(41)20-12-21-35(39)42(27-14-4-3-5-15-27)36-25-32-29-17-9-11-22-37(29)43-40(32)38-28-16-7-6-13-26(28)23-24-31(36)38/h3-25H,1-2H3. The summed E-state index contributed by atoms with van der Waals surface area (Å²) in [5, 5.41) is 7.81. The monoisotopic (exact) mass is 567 g/mol. The van der Waals surface area contributed by atoms with E-state index in [4.69, 9.17) is 0 Å². The molecule has 0 saturated carbocycles. The minimum Gasteiger partial charge on any atom is -0.309 e. The molecule has 1 aliphatic rings. The first-order valence-corrected chi connectivity index (χ1v) is 15.8. The summed E-state index contributed by atoms with van der Waals surface area (Å²) >= 11 is 1.91. The quantitative estimate of drug-likeness (QED) is 0.192. The summed E-state index contributed by atoms with van der Waals surface area (Å²) in [6, 6.07) is 51.5. The third-order valence-electron chi connectivity index (χ3n) is 9.43. The molecule has 0 fully saturated rings. The van der Waals surface area contributed by atoms with E-state index < -0.39 is 0 Å². The van der Waals surface area contributed by atoms with Crippen LogP contribution in [-0.2, 0) is 5.41 Å². The van der Waals surface area contributed by atoms with E-state index in [0.29, 0.717) is 0 Å². The van der Waals surface area contributed by atoms with Crippen molar-refractivity contribution in [1.82, 2.24) is 0 Å². The van der Waals surface area contributed by atoms with E-state index in [1.54, 1.807) is 0 Å². The van der Waals surface area contributed by atoms with Crippen LogP contribution in [-0.4, -0.2) is 0 Å². The molecule has 0 amide bonds. The fraction of sp³-hybridized carbons (Fsp3) is 0.0732. The van der Waals surface area contributed by atoms with E-state index >= 15 is 0 Å². The van der Waals surface area contributed by atoms with Crippen molar-refractivity contribution in [3.05, 3.63) is 151 Å². The average molecular weight is 568 g/mol. The van der Waals surface area contributed by atoms with Crippen LogP contribution in [0.2, 0.25) is 0 Å². The second-order valence-corrected chi connectivity index (χ2v) is 13.2. The second kappa shape index (κ2) is 9.04. The van der Waals surface area contributed by atoms with Gasteiger partial charge in [0.2, 0.25) is 0 Å². The molecule has 1 aromatic heterocycles. The highest BCUT2D eigenvalue weighted by Crippen LogP contribution is 2.55. The van der Waals surface area contributed by atoms with E-state index in [1.807, 2.05) is 11.3 Å². The predicted molar refractivity (Wildman–Crippen MR) is 187 cm³/mol. The number of hydrogen-bond donors (Lipinski definition) is 0. The lowest BCUT2D eigenvalue weighted by Gasteiger charge is -2.30. The lowest BCUT2D eigenvalue weighted by Crippen LogP contribution is -2.16. The first-order chi connectivity index (χ1) is 21.1. The molecule has 0 aliphatic heterocycles. The van der Waals surface area contributed by atoms with E-state index in [0.717, 1.165) is 5.69 Å². The molecule has 1 heterocycles. The maximum Gasteiger partial charge on any atom is 0.0547 e. The van der Waals surface area contributed by atoms with Crippen molar-refractivity contribution in [3.63, 3.8) is 0 Å². The van der Waals surface area contributed by atoms with Gasteiger partial charge in [-0.25, -0.2) is 0 Å². The number of thiophene rings is 1. The maximum atomic E-state index is 2.51. The van der Waals surface area contributed by atoms with Crippen LogP contribution >= 0.6 is 11.3 Å². The zero-order chi connectivity index (χ0) is 28.7. The van der Waals surface area contributed by atoms with Crippen LogP contribution in [0.1, 0.15) is 25.0 Å². The molecule has 2 heteroatoms. The van der Waals surface area contributed by atoms with Crippen LogP contribution in [0.15, 0.2) is 140 Å². The Bertz CT molecular complexity index is 2380. The molecule has 0 unspecified atom stereocenters. The fourth-order valence-electron chi connectivity index (χ4n) is 7.43. The number of hydrogen-bond acceptors (Lipinski definition) is 2. The third-order valence-corrected chi connectivity index (χ3v) is 10.6. The van der Waals surface area contributed by atoms with E-state index in [1.165, 1.54) is 75.3 Å². The molecule has 204 valence electrons. The Labute approximate surface area is 255 Å². The molecule has 9 rings (SSSR count). The normalized spacial score (nSPS) is 13.5. The number of nitrogens with zero attached hydrogens (tertiary/aromatic N) is 1. The summed E-state index contributed by atoms with van der Waals surface area (Å²) in [4.78, 5) is 2.51. The van der Waals surface area contributed by atoms with Gasteiger partial charge in [0.25, 0.3) is 0 Å². The van der Waals surface area contributed by atoms with Gasteiger partial charge in [-0.3, -0.25) is 0 Å². The Kier molecular flexibility index (Phi) is 5.18. The first kappa shape index (κ1) is 24.7. The Morgan fingerprint density at radius 3 is 2.14 bits per heavy atom. The fourth-order valence-corrected chi connectivity index (χ4v) is 8.69. The second-order valence-electron chi connectivity index (χ2n) is 12.1. The number of rotatable bonds is 3. The van der Waals surface area contributed by atoms with Gasteiger partial charge in [-0.1, -0.05) is 123 Å². The average Bonchev–Trinajstić information content (AvgIpc) is 3.54. The molecule has 1 nitrogen and oxygen atoms in total. The summed E-state index contributed by atoms with van der Waals surface area (Å²) < 4.78 is 2.68. The Balaban J connectivity index is 1.46. The van der Waals surface area contributed by atoms with Crippen LogP contribution in [0.25, 0.3) is 52.8 Å². The zero-order valence-corrected chi connectivity index (χ0v) is 25.0. The molecule has 0 bridgehead atoms. The van der Waals surface area contributed by atoms with Crippen molar-refractivity contribution < 1.29 is 0 Å². The minimum atomic E-state index is -0.0733. The molecule has 0 spiro atoms. The molecule has 0 radical (unpaired) electrons. The smallest absolute Gasteiger partial charge is 0.0547 e. The maximum absolute atomic E-state index is 2.51. The van der Waals surface area contributed by atoms with Crippen LogP contribution in [0.3, 0.4) is 0 Å². The van der Waals surface area contributed by atoms with Gasteiger partial charge in [0.15, 0.2) is 0 Å². The van der Waals surface area contributed by atoms with Gasteiger partial charge in [0.1, 0.15) is 0 Å². The highest BCUT2D eigenvalue weighted by molar-refractivity contribution is 7.26. The topological polar surface area (TPSA) is 3.24 Å². The summed E-state index contributed by atoms with van der Waals surface area (Å²) in [7, 11) is 0. The molecule has 43 heavy (non-hydrogen) atoms. The van der Waals surface area contributed by atoms with Gasteiger partial charge in [-0.2, -0.15) is 0 Å². The van der Waals surface area contributed by atoms with E-state index in [2.05, 4.69) is 158 Å². The van der Waals surface area contributed by atoms with Crippen molar-refractivity contribution in [2.75, 3.05) is 4.90 Å². The van der Waals surface area contributed by atoms with Gasteiger partial charge in [-0.15, -0.1) is 11.3 Å². The molecule has 0 N–H and O–H groups in total. The molecule has 8 aromatic rings. The number of para-hydroxylation sites is 1. The molecular weight excluding hydrogens is 539 g/mol. The van der Waals surface area contributed by atoms with E-state index in [9.17, 15) is 0 Å². The lowest BCUT2D eigenvalue weighted by molar-refractivity contribution is 0.660. The third kappa shape index (κ3) is 3.45. The summed E-state index contributed by atoms with van der Waals surface area (Å²) in [6.45, 7) is 4.72. The summed E-state index contributed by atoms with van der Waals surface area (Å²) in [6.07, 6.45) is 0. The molecule has 7 aromatic carbocycles. The van der Waals surface area contributed by atoms with Crippen molar-refractivity contribution in [2.45, 2.75) is 19.3 Å². The van der Waals surface area contributed by atoms with Crippen molar-refractivity contribution in [3.8, 4) is 11.1 Å². The molecule has 1 aliphatic carbocycles. The SMILES string of the molecule is CC1(C)c2ccccc2-c2c(N(c3ccccc3)c3cc4c5ccccc5sc4c4c3ccc3ccccc34)cccc21. The number of benzene rings is 7. The Morgan fingerprint density at radius 1 is 0.535 bits per heavy atom. The van der Waals surface area contributed by atoms with Gasteiger partial charge in [0.05, 0.1) is 11.4 Å². The molecule has 0 atom stereocenters. The van der Waals surface area contributed by atoms with Gasteiger partial charge >= 0.3 is 0 Å². The molecule has 0 saturated heterocycles. The van der Waals surface area contributed by atoms with Gasteiger partial charge < -0.3 is 4.90 Å². The van der Waals surface area contributed by atoms with Crippen molar-refractivity contribution in [1.29, 1.82) is 0 Å². The highest BCUT2D eigenvalue weighted by atomic mass is 32.1. The number of anilines is 3. The van der Waals surface area contributed by atoms with Gasteiger partial charge in [0, 0.05) is 47.6 Å². The zero-order valence-electron chi connectivity index (χ0n) is 24.1. The van der Waals surface area contributed by atoms with Crippen LogP contribution in [0.5, 0.6) is 0 Å². The molecular formula is C41H29NS. The summed E-state index contributed by atoms with van der Waals surface area (Å²) in [5.41, 5.74) is 8.94. The van der Waals surface area contributed by atoms with E-state index in [-0.39, 0.29) is 5.41 Å². The van der Waals surface area contributed by atoms with Crippen molar-refractivity contribution >= 4 is 70.1 Å². The largest absolute Gasteiger partial charge is 0.309 e. The number of fused-ring (bicyclic) bond motifs is 10. The lowest BCUT2D eigenvalue weighted by atomic mass is 9.82. The minimum absolute atomic E-state index is 0.0733.